The molecule has 0 aromatic heterocycles. The van der Waals surface area contributed by atoms with Gasteiger partial charge in [-0.2, -0.15) is 0 Å². The SMILES string of the molecule is C[N+]1(c2ccccc2)[SiH2][N+](C)(c2ccccc2)[SiH2][N+](C)(c2ccccc2)[SiH2]1. The lowest BCUT2D eigenvalue weighted by molar-refractivity contribution is 0.569. The Kier molecular flexibility index (Phi) is 4.79. The van der Waals surface area contributed by atoms with E-state index in [1.165, 1.54) is 28.5 Å². The summed E-state index contributed by atoms with van der Waals surface area (Å²) in [5.41, 5.74) is 4.56. The van der Waals surface area contributed by atoms with E-state index in [1.807, 2.05) is 0 Å². The van der Waals surface area contributed by atoms with Crippen LogP contribution in [-0.4, -0.2) is 50.7 Å². The predicted octanol–water partition coefficient (Wildman–Crippen LogP) is 1.91. The lowest BCUT2D eigenvalue weighted by atomic mass is 10.3. The van der Waals surface area contributed by atoms with Gasteiger partial charge in [0.15, 0.2) is 0 Å². The molecule has 3 nitrogen and oxygen atoms in total. The van der Waals surface area contributed by atoms with Gasteiger partial charge in [0.25, 0.3) is 0 Å². The van der Waals surface area contributed by atoms with Gasteiger partial charge in [0.05, 0.1) is 0 Å². The molecule has 0 spiro atoms. The van der Waals surface area contributed by atoms with Crippen LogP contribution in [0.4, 0.5) is 17.1 Å². The Morgan fingerprint density at radius 3 is 0.852 bits per heavy atom. The molecule has 0 unspecified atom stereocenters. The quantitative estimate of drug-likeness (QED) is 0.581. The number of rotatable bonds is 3. The van der Waals surface area contributed by atoms with E-state index in [1.54, 1.807) is 0 Å². The van der Waals surface area contributed by atoms with Crippen molar-refractivity contribution in [1.29, 1.82) is 0 Å². The summed E-state index contributed by atoms with van der Waals surface area (Å²) in [6.07, 6.45) is 0. The van der Waals surface area contributed by atoms with Crippen molar-refractivity contribution in [3.8, 4) is 0 Å². The number of quaternary nitrogens is 3. The van der Waals surface area contributed by atoms with Crippen LogP contribution < -0.4 is 11.4 Å². The Labute approximate surface area is 170 Å². The molecular weight excluding hydrogens is 379 g/mol. The largest absolute Gasteiger partial charge is 0.476 e. The summed E-state index contributed by atoms with van der Waals surface area (Å²) in [5, 5.41) is 0. The first-order chi connectivity index (χ1) is 12.9. The maximum atomic E-state index is 2.53. The van der Waals surface area contributed by atoms with E-state index >= 15 is 0 Å². The normalized spacial score (nSPS) is 33.4. The number of hydrogen-bond acceptors (Lipinski definition) is 0. The Balaban J connectivity index is 1.85. The molecule has 1 heterocycles. The second-order valence-electron chi connectivity index (χ2n) is 8.62. The van der Waals surface area contributed by atoms with Gasteiger partial charge in [-0.15, -0.1) is 0 Å². The van der Waals surface area contributed by atoms with Gasteiger partial charge in [-0.25, -0.2) is 0 Å². The highest BCUT2D eigenvalue weighted by atomic mass is 28.4. The van der Waals surface area contributed by atoms with Gasteiger partial charge in [0.1, 0.15) is 17.1 Å². The van der Waals surface area contributed by atoms with Crippen LogP contribution in [0.15, 0.2) is 91.0 Å². The second-order valence-corrected chi connectivity index (χ2v) is 20.5. The summed E-state index contributed by atoms with van der Waals surface area (Å²) in [6, 6.07) is 33.9. The highest BCUT2D eigenvalue weighted by molar-refractivity contribution is 6.77. The van der Waals surface area contributed by atoms with Crippen LogP contribution in [0.2, 0.25) is 0 Å². The molecular formula is C21H30N3Si3+3. The Morgan fingerprint density at radius 1 is 0.407 bits per heavy atom. The van der Waals surface area contributed by atoms with Crippen molar-refractivity contribution in [2.45, 2.75) is 0 Å². The van der Waals surface area contributed by atoms with E-state index in [0.717, 1.165) is 0 Å². The van der Waals surface area contributed by atoms with E-state index in [9.17, 15) is 0 Å². The molecule has 0 atom stereocenters. The zero-order valence-electron chi connectivity index (χ0n) is 16.6. The average molecular weight is 409 g/mol. The summed E-state index contributed by atoms with van der Waals surface area (Å²) in [7, 11) is 6.25. The Morgan fingerprint density at radius 2 is 0.630 bits per heavy atom. The molecule has 0 aliphatic carbocycles. The molecule has 27 heavy (non-hydrogen) atoms. The summed E-state index contributed by atoms with van der Waals surface area (Å²) in [4.78, 5) is 0. The third kappa shape index (κ3) is 3.52. The zero-order chi connectivity index (χ0) is 19.0. The fourth-order valence-electron chi connectivity index (χ4n) is 5.05. The lowest BCUT2D eigenvalue weighted by Gasteiger charge is -2.53. The van der Waals surface area contributed by atoms with Gasteiger partial charge in [0, 0.05) is 21.1 Å². The molecule has 1 aliphatic rings. The fourth-order valence-corrected chi connectivity index (χ4v) is 23.0. The van der Waals surface area contributed by atoms with Crippen molar-refractivity contribution in [2.24, 2.45) is 0 Å². The van der Waals surface area contributed by atoms with Crippen LogP contribution in [0, 0.1) is 0 Å². The number of hydrogen-bond donors (Lipinski definition) is 0. The van der Waals surface area contributed by atoms with Gasteiger partial charge < -0.3 is 11.4 Å². The van der Waals surface area contributed by atoms with Crippen molar-refractivity contribution >= 4 is 46.6 Å². The molecule has 138 valence electrons. The van der Waals surface area contributed by atoms with Crippen LogP contribution in [0.3, 0.4) is 0 Å². The summed E-state index contributed by atoms with van der Waals surface area (Å²) in [6.45, 7) is 0. The van der Waals surface area contributed by atoms with Gasteiger partial charge in [0.2, 0.25) is 0 Å². The van der Waals surface area contributed by atoms with Crippen LogP contribution in [0.25, 0.3) is 0 Å². The van der Waals surface area contributed by atoms with Crippen LogP contribution in [-0.2, 0) is 0 Å². The molecule has 3 aromatic carbocycles. The molecule has 4 rings (SSSR count). The van der Waals surface area contributed by atoms with Gasteiger partial charge in [-0.1, -0.05) is 54.6 Å². The molecule has 1 aliphatic heterocycles. The van der Waals surface area contributed by atoms with Crippen molar-refractivity contribution in [2.75, 3.05) is 21.1 Å². The zero-order valence-corrected chi connectivity index (χ0v) is 20.9. The molecule has 0 amide bonds. The number of nitrogens with zero attached hydrogens (tertiary/aromatic N) is 3. The van der Waals surface area contributed by atoms with Gasteiger partial charge >= 0.3 is 29.5 Å². The Hall–Kier alpha value is -1.81. The molecule has 1 saturated heterocycles. The Bertz CT molecular complexity index is 775. The van der Waals surface area contributed by atoms with E-state index in [0.29, 0.717) is 0 Å². The van der Waals surface area contributed by atoms with Crippen LogP contribution in [0.1, 0.15) is 0 Å². The van der Waals surface area contributed by atoms with Crippen molar-refractivity contribution in [3.05, 3.63) is 91.0 Å². The smallest absolute Gasteiger partial charge is 0.329 e. The highest BCUT2D eigenvalue weighted by Gasteiger charge is 2.56. The number of benzene rings is 3. The summed E-state index contributed by atoms with van der Waals surface area (Å²) < 4.78 is 3.64. The molecule has 0 bridgehead atoms. The maximum absolute atomic E-state index is 2.53. The minimum Gasteiger partial charge on any atom is -0.329 e. The van der Waals surface area contributed by atoms with E-state index in [2.05, 4.69) is 112 Å². The van der Waals surface area contributed by atoms with E-state index in [-0.39, 0.29) is 0 Å². The van der Waals surface area contributed by atoms with E-state index < -0.39 is 29.5 Å². The first-order valence-electron chi connectivity index (χ1n) is 9.64. The lowest BCUT2D eigenvalue weighted by Crippen LogP contribution is -2.84. The van der Waals surface area contributed by atoms with Crippen molar-refractivity contribution < 1.29 is 0 Å². The maximum Gasteiger partial charge on any atom is 0.476 e. The topological polar surface area (TPSA) is 0 Å². The van der Waals surface area contributed by atoms with Crippen LogP contribution in [0.5, 0.6) is 0 Å². The summed E-state index contributed by atoms with van der Waals surface area (Å²) in [5.74, 6) is 0. The van der Waals surface area contributed by atoms with Gasteiger partial charge in [-0.3, -0.25) is 0 Å². The first-order valence-corrected chi connectivity index (χ1v) is 13.4. The van der Waals surface area contributed by atoms with Gasteiger partial charge in [-0.05, 0) is 36.4 Å². The fraction of sp³-hybridized carbons (Fsp3) is 0.143. The molecule has 1 fully saturated rings. The second kappa shape index (κ2) is 6.97. The third-order valence-electron chi connectivity index (χ3n) is 6.01. The molecule has 0 N–H and O–H groups in total. The third-order valence-corrected chi connectivity index (χ3v) is 15.5. The summed E-state index contributed by atoms with van der Waals surface area (Å²) >= 11 is 0. The molecule has 0 radical (unpaired) electrons. The van der Waals surface area contributed by atoms with E-state index in [4.69, 9.17) is 0 Å². The standard InChI is InChI=1S/C21H30N3Si3/c1-22(19-13-7-4-8-14-19)25-23(2,20-15-9-5-10-16-20)27-24(3,26-22)21-17-11-6-12-18-21/h4-18H,25-27H2,1-3H3/q+3. The monoisotopic (exact) mass is 408 g/mol. The number of para-hydroxylation sites is 3. The predicted molar refractivity (Wildman–Crippen MR) is 128 cm³/mol. The first kappa shape index (κ1) is 18.5. The molecule has 6 heteroatoms. The minimum atomic E-state index is -0.444. The minimum absolute atomic E-state index is 0.444. The van der Waals surface area contributed by atoms with Crippen molar-refractivity contribution in [3.63, 3.8) is 0 Å². The highest BCUT2D eigenvalue weighted by Crippen LogP contribution is 2.34. The molecule has 3 aromatic rings. The average Bonchev–Trinajstić information content (AvgIpc) is 2.69. The van der Waals surface area contributed by atoms with Crippen molar-refractivity contribution in [1.82, 2.24) is 11.4 Å². The molecule has 0 saturated carbocycles. The van der Waals surface area contributed by atoms with Crippen LogP contribution >= 0.6 is 0 Å².